The summed E-state index contributed by atoms with van der Waals surface area (Å²) in [5, 5.41) is 3.82. The third-order valence-electron chi connectivity index (χ3n) is 3.02. The van der Waals surface area contributed by atoms with Gasteiger partial charge >= 0.3 is 0 Å². The molecule has 0 amide bonds. The second kappa shape index (κ2) is 7.93. The molecule has 0 aliphatic carbocycles. The van der Waals surface area contributed by atoms with Gasteiger partial charge in [-0.25, -0.2) is 0 Å². The van der Waals surface area contributed by atoms with E-state index in [4.69, 9.17) is 27.5 Å². The molecule has 104 valence electrons. The Morgan fingerprint density at radius 3 is 2.63 bits per heavy atom. The average Bonchev–Trinajstić information content (AvgIpc) is 2.42. The number of unbranched alkanes of at least 4 members (excludes halogenated alkanes) is 1. The van der Waals surface area contributed by atoms with Crippen LogP contribution in [-0.4, -0.2) is 21.3 Å². The van der Waals surface area contributed by atoms with E-state index >= 15 is 0 Å². The molecule has 0 aliphatic heterocycles. The van der Waals surface area contributed by atoms with Crippen molar-refractivity contribution in [2.45, 2.75) is 25.3 Å². The van der Waals surface area contributed by atoms with Crippen molar-refractivity contribution in [1.29, 1.82) is 0 Å². The lowest BCUT2D eigenvalue weighted by Gasteiger charge is -2.19. The number of terminal acetylenes is 1. The molecule has 1 N–H and O–H groups in total. The molecule has 0 spiro atoms. The summed E-state index contributed by atoms with van der Waals surface area (Å²) < 4.78 is 10.5. The Hall–Kier alpha value is -1.37. The molecule has 0 fully saturated rings. The van der Waals surface area contributed by atoms with Gasteiger partial charge in [-0.05, 0) is 37.6 Å². The summed E-state index contributed by atoms with van der Waals surface area (Å²) in [6, 6.07) is 4.05. The van der Waals surface area contributed by atoms with Gasteiger partial charge in [0.15, 0.2) is 11.5 Å². The van der Waals surface area contributed by atoms with E-state index in [9.17, 15) is 0 Å². The number of methoxy groups -OCH3 is 2. The van der Waals surface area contributed by atoms with Crippen molar-refractivity contribution in [2.24, 2.45) is 0 Å². The van der Waals surface area contributed by atoms with Crippen LogP contribution in [-0.2, 0) is 0 Å². The molecule has 0 aromatic heterocycles. The van der Waals surface area contributed by atoms with Crippen LogP contribution in [0.2, 0.25) is 5.02 Å². The molecule has 4 heteroatoms. The molecule has 19 heavy (non-hydrogen) atoms. The van der Waals surface area contributed by atoms with Crippen molar-refractivity contribution in [3.05, 3.63) is 22.7 Å². The number of benzene rings is 1. The van der Waals surface area contributed by atoms with Gasteiger partial charge in [0.2, 0.25) is 0 Å². The summed E-state index contributed by atoms with van der Waals surface area (Å²) in [6.07, 6.45) is 7.97. The molecule has 0 aliphatic rings. The Bertz CT molecular complexity index is 454. The van der Waals surface area contributed by atoms with Crippen LogP contribution in [0.5, 0.6) is 11.5 Å². The van der Waals surface area contributed by atoms with Crippen LogP contribution >= 0.6 is 11.6 Å². The zero-order valence-electron chi connectivity index (χ0n) is 11.6. The van der Waals surface area contributed by atoms with Gasteiger partial charge in [-0.15, -0.1) is 12.3 Å². The highest BCUT2D eigenvalue weighted by Gasteiger charge is 2.16. The van der Waals surface area contributed by atoms with E-state index in [0.29, 0.717) is 16.5 Å². The second-order valence-electron chi connectivity index (χ2n) is 4.18. The van der Waals surface area contributed by atoms with Gasteiger partial charge in [0.25, 0.3) is 0 Å². The van der Waals surface area contributed by atoms with E-state index < -0.39 is 0 Å². The largest absolute Gasteiger partial charge is 0.493 e. The number of rotatable bonds is 7. The van der Waals surface area contributed by atoms with Gasteiger partial charge < -0.3 is 14.8 Å². The Morgan fingerprint density at radius 1 is 1.37 bits per heavy atom. The highest BCUT2D eigenvalue weighted by molar-refractivity contribution is 6.32. The molecule has 0 bridgehead atoms. The molecule has 0 heterocycles. The Labute approximate surface area is 120 Å². The van der Waals surface area contributed by atoms with Crippen LogP contribution in [0, 0.1) is 12.3 Å². The van der Waals surface area contributed by atoms with Gasteiger partial charge in [-0.1, -0.05) is 11.6 Å². The van der Waals surface area contributed by atoms with Crippen LogP contribution in [0.4, 0.5) is 0 Å². The van der Waals surface area contributed by atoms with E-state index in [0.717, 1.165) is 24.8 Å². The fourth-order valence-electron chi connectivity index (χ4n) is 2.02. The summed E-state index contributed by atoms with van der Waals surface area (Å²) in [5.41, 5.74) is 1.07. The van der Waals surface area contributed by atoms with Crippen LogP contribution in [0.25, 0.3) is 0 Å². The lowest BCUT2D eigenvalue weighted by Crippen LogP contribution is -2.16. The first kappa shape index (κ1) is 15.7. The smallest absolute Gasteiger partial charge is 0.179 e. The Kier molecular flexibility index (Phi) is 6.55. The van der Waals surface area contributed by atoms with Crippen molar-refractivity contribution < 1.29 is 9.47 Å². The average molecular weight is 282 g/mol. The van der Waals surface area contributed by atoms with Crippen LogP contribution in [0.15, 0.2) is 12.1 Å². The predicted octanol–water partition coefficient (Wildman–Crippen LogP) is 3.42. The maximum Gasteiger partial charge on any atom is 0.179 e. The number of nitrogens with one attached hydrogen (secondary N) is 1. The third kappa shape index (κ3) is 4.05. The van der Waals surface area contributed by atoms with E-state index in [2.05, 4.69) is 11.2 Å². The zero-order valence-corrected chi connectivity index (χ0v) is 12.4. The number of ether oxygens (including phenoxy) is 2. The minimum absolute atomic E-state index is 0.200. The van der Waals surface area contributed by atoms with E-state index in [1.807, 2.05) is 19.2 Å². The number of halogens is 1. The van der Waals surface area contributed by atoms with Crippen molar-refractivity contribution in [3.63, 3.8) is 0 Å². The molecule has 0 saturated carbocycles. The SMILES string of the molecule is C#CCCCC(NC)c1cc(Cl)c(OC)c(OC)c1. The molecule has 1 rings (SSSR count). The lowest BCUT2D eigenvalue weighted by atomic mass is 10.0. The monoisotopic (exact) mass is 281 g/mol. The zero-order chi connectivity index (χ0) is 14.3. The summed E-state index contributed by atoms with van der Waals surface area (Å²) >= 11 is 6.21. The summed E-state index contributed by atoms with van der Waals surface area (Å²) in [6.45, 7) is 0. The van der Waals surface area contributed by atoms with Crippen molar-refractivity contribution >= 4 is 11.6 Å². The molecular weight excluding hydrogens is 262 g/mol. The fourth-order valence-corrected chi connectivity index (χ4v) is 2.32. The van der Waals surface area contributed by atoms with Crippen LogP contribution in [0.1, 0.15) is 30.9 Å². The highest BCUT2D eigenvalue weighted by atomic mass is 35.5. The molecule has 1 atom stereocenters. The van der Waals surface area contributed by atoms with Crippen LogP contribution < -0.4 is 14.8 Å². The number of hydrogen-bond donors (Lipinski definition) is 1. The topological polar surface area (TPSA) is 30.5 Å². The summed E-state index contributed by atoms with van der Waals surface area (Å²) in [4.78, 5) is 0. The van der Waals surface area contributed by atoms with Gasteiger partial charge in [0.1, 0.15) is 0 Å². The van der Waals surface area contributed by atoms with E-state index in [1.54, 1.807) is 14.2 Å². The van der Waals surface area contributed by atoms with Crippen LogP contribution in [0.3, 0.4) is 0 Å². The first-order valence-electron chi connectivity index (χ1n) is 6.20. The molecule has 0 radical (unpaired) electrons. The molecule has 0 saturated heterocycles. The Morgan fingerprint density at radius 2 is 2.11 bits per heavy atom. The quantitative estimate of drug-likeness (QED) is 0.614. The third-order valence-corrected chi connectivity index (χ3v) is 3.30. The molecule has 1 unspecified atom stereocenters. The lowest BCUT2D eigenvalue weighted by molar-refractivity contribution is 0.354. The number of hydrogen-bond acceptors (Lipinski definition) is 3. The second-order valence-corrected chi connectivity index (χ2v) is 4.58. The summed E-state index contributed by atoms with van der Waals surface area (Å²) in [7, 11) is 5.10. The maximum atomic E-state index is 6.21. The van der Waals surface area contributed by atoms with E-state index in [-0.39, 0.29) is 6.04 Å². The Balaban J connectivity index is 2.98. The normalized spacial score (nSPS) is 11.7. The first-order chi connectivity index (χ1) is 9.17. The van der Waals surface area contributed by atoms with Crippen molar-refractivity contribution in [3.8, 4) is 23.8 Å². The molecule has 1 aromatic carbocycles. The molecule has 3 nitrogen and oxygen atoms in total. The molecule has 1 aromatic rings. The highest BCUT2D eigenvalue weighted by Crippen LogP contribution is 2.38. The first-order valence-corrected chi connectivity index (χ1v) is 6.57. The summed E-state index contributed by atoms with van der Waals surface area (Å²) in [5.74, 6) is 3.85. The predicted molar refractivity (Wildman–Crippen MR) is 79.0 cm³/mol. The minimum Gasteiger partial charge on any atom is -0.493 e. The van der Waals surface area contributed by atoms with Crippen molar-refractivity contribution in [2.75, 3.05) is 21.3 Å². The molecular formula is C15H20ClNO2. The van der Waals surface area contributed by atoms with Gasteiger partial charge in [-0.3, -0.25) is 0 Å². The van der Waals surface area contributed by atoms with E-state index in [1.165, 1.54) is 0 Å². The van der Waals surface area contributed by atoms with Gasteiger partial charge in [-0.2, -0.15) is 0 Å². The van der Waals surface area contributed by atoms with Gasteiger partial charge in [0.05, 0.1) is 19.2 Å². The van der Waals surface area contributed by atoms with Crippen molar-refractivity contribution in [1.82, 2.24) is 5.32 Å². The minimum atomic E-state index is 0.200. The van der Waals surface area contributed by atoms with Gasteiger partial charge in [0, 0.05) is 12.5 Å². The fraction of sp³-hybridized carbons (Fsp3) is 0.467. The maximum absolute atomic E-state index is 6.21. The standard InChI is InChI=1S/C15H20ClNO2/c1-5-6-7-8-13(17-2)11-9-12(16)15(19-4)14(10-11)18-3/h1,9-10,13,17H,6-8H2,2-4H3.